The zero-order valence-corrected chi connectivity index (χ0v) is 20.1. The lowest BCUT2D eigenvalue weighted by atomic mass is 9.89. The van der Waals surface area contributed by atoms with E-state index in [0.29, 0.717) is 12.1 Å². The molecule has 7 heteroatoms. The average molecular weight is 445 g/mol. The van der Waals surface area contributed by atoms with Crippen LogP contribution in [0.4, 0.5) is 5.69 Å². The number of carbonyl (C=O) groups is 1. The number of amides is 1. The summed E-state index contributed by atoms with van der Waals surface area (Å²) in [5.74, 6) is 0.405. The van der Waals surface area contributed by atoms with Gasteiger partial charge in [0.2, 0.25) is 15.9 Å². The standard InChI is InChI=1S/C24H32N2O4S/c1-15-8-9-20-21(14-24(5,6)30-22(20)13-15)25-23(27)18(4)26(31(7,28)29)19-11-16(2)10-17(3)12-19/h8-13,18,21H,14H2,1-7H3,(H,25,27)/t18-,21+/m1/s1. The van der Waals surface area contributed by atoms with Crippen molar-refractivity contribution in [2.45, 2.75) is 65.6 Å². The van der Waals surface area contributed by atoms with E-state index in [9.17, 15) is 13.2 Å². The number of rotatable bonds is 5. The molecule has 0 saturated carbocycles. The van der Waals surface area contributed by atoms with Gasteiger partial charge in [-0.25, -0.2) is 8.42 Å². The van der Waals surface area contributed by atoms with Crippen LogP contribution >= 0.6 is 0 Å². The van der Waals surface area contributed by atoms with E-state index in [-0.39, 0.29) is 11.9 Å². The van der Waals surface area contributed by atoms with Crippen molar-refractivity contribution < 1.29 is 17.9 Å². The largest absolute Gasteiger partial charge is 0.487 e. The molecule has 0 aliphatic carbocycles. The fourth-order valence-electron chi connectivity index (χ4n) is 4.27. The lowest BCUT2D eigenvalue weighted by Gasteiger charge is -2.39. The molecule has 0 saturated heterocycles. The summed E-state index contributed by atoms with van der Waals surface area (Å²) in [6, 6.07) is 10.3. The first kappa shape index (κ1) is 23.1. The molecule has 1 heterocycles. The third kappa shape index (κ3) is 5.21. The van der Waals surface area contributed by atoms with Crippen molar-refractivity contribution in [1.82, 2.24) is 5.32 Å². The van der Waals surface area contributed by atoms with Crippen molar-refractivity contribution in [3.05, 3.63) is 58.7 Å². The predicted octanol–water partition coefficient (Wildman–Crippen LogP) is 4.18. The maximum atomic E-state index is 13.3. The minimum Gasteiger partial charge on any atom is -0.487 e. The molecule has 0 aromatic heterocycles. The molecule has 1 amide bonds. The second kappa shape index (κ2) is 8.19. The van der Waals surface area contributed by atoms with E-state index in [1.807, 2.05) is 58.9 Å². The van der Waals surface area contributed by atoms with Crippen LogP contribution < -0.4 is 14.4 Å². The second-order valence-electron chi connectivity index (χ2n) is 9.25. The predicted molar refractivity (Wildman–Crippen MR) is 124 cm³/mol. The minimum absolute atomic E-state index is 0.269. The molecule has 2 atom stereocenters. The highest BCUT2D eigenvalue weighted by molar-refractivity contribution is 7.92. The zero-order chi connectivity index (χ0) is 23.1. The Balaban J connectivity index is 1.93. The number of nitrogens with zero attached hydrogens (tertiary/aromatic N) is 1. The van der Waals surface area contributed by atoms with Gasteiger partial charge in [-0.3, -0.25) is 9.10 Å². The molecule has 31 heavy (non-hydrogen) atoms. The van der Waals surface area contributed by atoms with Crippen LogP contribution in [0.2, 0.25) is 0 Å². The summed E-state index contributed by atoms with van der Waals surface area (Å²) in [6.07, 6.45) is 1.72. The number of sulfonamides is 1. The third-order valence-corrected chi connectivity index (χ3v) is 6.73. The first-order valence-electron chi connectivity index (χ1n) is 10.4. The fourth-order valence-corrected chi connectivity index (χ4v) is 5.43. The van der Waals surface area contributed by atoms with Crippen LogP contribution in [0, 0.1) is 20.8 Å². The van der Waals surface area contributed by atoms with E-state index in [4.69, 9.17) is 4.74 Å². The van der Waals surface area contributed by atoms with Gasteiger partial charge in [-0.15, -0.1) is 0 Å². The summed E-state index contributed by atoms with van der Waals surface area (Å²) in [5.41, 5.74) is 3.90. The molecular weight excluding hydrogens is 412 g/mol. The lowest BCUT2D eigenvalue weighted by molar-refractivity contribution is -0.123. The Morgan fingerprint density at radius 2 is 1.71 bits per heavy atom. The SMILES string of the molecule is Cc1cc(C)cc(N([C@H](C)C(=O)N[C@H]2CC(C)(C)Oc3cc(C)ccc32)S(C)(=O)=O)c1. The van der Waals surface area contributed by atoms with Crippen molar-refractivity contribution >= 4 is 21.6 Å². The number of benzene rings is 2. The molecule has 3 rings (SSSR count). The Bertz CT molecular complexity index is 1090. The summed E-state index contributed by atoms with van der Waals surface area (Å²) < 4.78 is 32.6. The van der Waals surface area contributed by atoms with Crippen molar-refractivity contribution in [2.24, 2.45) is 0 Å². The number of ether oxygens (including phenoxy) is 1. The van der Waals surface area contributed by atoms with Gasteiger partial charge in [0.25, 0.3) is 0 Å². The van der Waals surface area contributed by atoms with Gasteiger partial charge >= 0.3 is 0 Å². The molecule has 168 valence electrons. The van der Waals surface area contributed by atoms with Crippen LogP contribution in [-0.4, -0.2) is 32.2 Å². The van der Waals surface area contributed by atoms with Gasteiger partial charge in [-0.2, -0.15) is 0 Å². The quantitative estimate of drug-likeness (QED) is 0.750. The number of nitrogens with one attached hydrogen (secondary N) is 1. The first-order valence-corrected chi connectivity index (χ1v) is 12.3. The van der Waals surface area contributed by atoms with E-state index in [1.165, 1.54) is 4.31 Å². The average Bonchev–Trinajstić information content (AvgIpc) is 2.58. The van der Waals surface area contributed by atoms with Gasteiger partial charge in [0.05, 0.1) is 18.0 Å². The zero-order valence-electron chi connectivity index (χ0n) is 19.3. The van der Waals surface area contributed by atoms with Gasteiger partial charge in [0.1, 0.15) is 17.4 Å². The molecule has 0 unspecified atom stereocenters. The summed E-state index contributed by atoms with van der Waals surface area (Å²) in [6.45, 7) is 11.4. The second-order valence-corrected chi connectivity index (χ2v) is 11.1. The highest BCUT2D eigenvalue weighted by Crippen LogP contribution is 2.40. The van der Waals surface area contributed by atoms with Crippen molar-refractivity contribution in [3.63, 3.8) is 0 Å². The Kier molecular flexibility index (Phi) is 6.11. The van der Waals surface area contributed by atoms with Crippen molar-refractivity contribution in [2.75, 3.05) is 10.6 Å². The number of anilines is 1. The van der Waals surface area contributed by atoms with E-state index in [0.717, 1.165) is 34.3 Å². The van der Waals surface area contributed by atoms with Crippen LogP contribution in [0.25, 0.3) is 0 Å². The number of hydrogen-bond donors (Lipinski definition) is 1. The van der Waals surface area contributed by atoms with Crippen LogP contribution in [0.3, 0.4) is 0 Å². The number of carbonyl (C=O) groups excluding carboxylic acids is 1. The Labute approximate surface area is 185 Å². The Hall–Kier alpha value is -2.54. The molecule has 2 aromatic rings. The molecule has 0 spiro atoms. The molecular formula is C24H32N2O4S. The molecule has 6 nitrogen and oxygen atoms in total. The van der Waals surface area contributed by atoms with E-state index >= 15 is 0 Å². The van der Waals surface area contributed by atoms with E-state index in [2.05, 4.69) is 5.32 Å². The smallest absolute Gasteiger partial charge is 0.244 e. The van der Waals surface area contributed by atoms with Crippen LogP contribution in [0.1, 0.15) is 55.5 Å². The van der Waals surface area contributed by atoms with Crippen LogP contribution in [0.5, 0.6) is 5.75 Å². The van der Waals surface area contributed by atoms with Crippen LogP contribution in [-0.2, 0) is 14.8 Å². The maximum absolute atomic E-state index is 13.3. The number of hydrogen-bond acceptors (Lipinski definition) is 4. The van der Waals surface area contributed by atoms with Gasteiger partial charge < -0.3 is 10.1 Å². The topological polar surface area (TPSA) is 75.7 Å². The van der Waals surface area contributed by atoms with Gasteiger partial charge in [-0.05, 0) is 76.4 Å². The van der Waals surface area contributed by atoms with Gasteiger partial charge in [-0.1, -0.05) is 18.2 Å². The molecule has 2 aromatic carbocycles. The normalized spacial score (nSPS) is 18.5. The fraction of sp³-hybridized carbons (Fsp3) is 0.458. The molecule has 0 radical (unpaired) electrons. The number of fused-ring (bicyclic) bond motifs is 1. The molecule has 1 N–H and O–H groups in total. The van der Waals surface area contributed by atoms with E-state index < -0.39 is 21.7 Å². The minimum atomic E-state index is -3.68. The number of aryl methyl sites for hydroxylation is 3. The molecule has 0 fully saturated rings. The lowest BCUT2D eigenvalue weighted by Crippen LogP contribution is -2.50. The first-order chi connectivity index (χ1) is 14.3. The Morgan fingerprint density at radius 1 is 1.10 bits per heavy atom. The molecule has 0 bridgehead atoms. The Morgan fingerprint density at radius 3 is 2.29 bits per heavy atom. The molecule has 1 aliphatic heterocycles. The molecule has 1 aliphatic rings. The summed E-state index contributed by atoms with van der Waals surface area (Å²) >= 11 is 0. The third-order valence-electron chi connectivity index (χ3n) is 5.49. The van der Waals surface area contributed by atoms with Gasteiger partial charge in [0.15, 0.2) is 0 Å². The van der Waals surface area contributed by atoms with E-state index in [1.54, 1.807) is 19.1 Å². The van der Waals surface area contributed by atoms with Crippen molar-refractivity contribution in [3.8, 4) is 5.75 Å². The van der Waals surface area contributed by atoms with Crippen LogP contribution in [0.15, 0.2) is 36.4 Å². The monoisotopic (exact) mass is 444 g/mol. The summed E-state index contributed by atoms with van der Waals surface area (Å²) in [5, 5.41) is 3.08. The van der Waals surface area contributed by atoms with Crippen molar-refractivity contribution in [1.29, 1.82) is 0 Å². The van der Waals surface area contributed by atoms with Gasteiger partial charge in [0, 0.05) is 12.0 Å². The maximum Gasteiger partial charge on any atom is 0.244 e. The highest BCUT2D eigenvalue weighted by atomic mass is 32.2. The summed E-state index contributed by atoms with van der Waals surface area (Å²) in [4.78, 5) is 13.3. The summed E-state index contributed by atoms with van der Waals surface area (Å²) in [7, 11) is -3.68. The highest BCUT2D eigenvalue weighted by Gasteiger charge is 2.37.